The first-order valence-corrected chi connectivity index (χ1v) is 12.1. The smallest absolute Gasteiger partial charge is 0.338 e. The fourth-order valence-corrected chi connectivity index (χ4v) is 5.23. The van der Waals surface area contributed by atoms with Crippen LogP contribution in [-0.4, -0.2) is 52.6 Å². The molecule has 2 bridgehead atoms. The number of carbonyl (C=O) groups is 3. The standard InChI is InChI=1S/C27H30FNO6/c28-20-11-9-19(10-12-20)27(33)35-23-16-21-13-14-22(25(23)26(31)32)29(21)15-5-4-8-24(30)34-17-18-6-2-1-3-7-18/h1-3,6-7,9-12,21-23,25H,4-5,8,13-17H2,(H,31,32)/t21-,22+,23-,25+/m0/s1. The molecule has 2 fully saturated rings. The minimum absolute atomic E-state index is 0.131. The van der Waals surface area contributed by atoms with Crippen molar-refractivity contribution in [2.24, 2.45) is 5.92 Å². The molecule has 2 heterocycles. The molecule has 0 spiro atoms. The van der Waals surface area contributed by atoms with Crippen LogP contribution in [0, 0.1) is 11.7 Å². The Hall–Kier alpha value is -3.26. The zero-order chi connectivity index (χ0) is 24.8. The molecule has 186 valence electrons. The van der Waals surface area contributed by atoms with E-state index in [1.54, 1.807) is 0 Å². The number of carboxylic acids is 1. The van der Waals surface area contributed by atoms with Gasteiger partial charge in [0, 0.05) is 24.9 Å². The van der Waals surface area contributed by atoms with Crippen molar-refractivity contribution in [1.82, 2.24) is 4.90 Å². The summed E-state index contributed by atoms with van der Waals surface area (Å²) in [4.78, 5) is 38.9. The van der Waals surface area contributed by atoms with Gasteiger partial charge in [-0.15, -0.1) is 0 Å². The highest BCUT2D eigenvalue weighted by atomic mass is 19.1. The SMILES string of the molecule is O=C(CCCCN1[C@H]2CC[C@@H]1[C@@H](C(=O)O)[C@@H](OC(=O)c1ccc(F)cc1)C2)OCc1ccccc1. The third-order valence-electron chi connectivity index (χ3n) is 6.92. The van der Waals surface area contributed by atoms with E-state index in [1.807, 2.05) is 30.3 Å². The van der Waals surface area contributed by atoms with Crippen molar-refractivity contribution in [3.63, 3.8) is 0 Å². The van der Waals surface area contributed by atoms with Crippen molar-refractivity contribution in [3.05, 3.63) is 71.5 Å². The molecule has 35 heavy (non-hydrogen) atoms. The largest absolute Gasteiger partial charge is 0.481 e. The van der Waals surface area contributed by atoms with Crippen LogP contribution in [0.5, 0.6) is 0 Å². The van der Waals surface area contributed by atoms with Gasteiger partial charge < -0.3 is 14.6 Å². The molecule has 8 heteroatoms. The number of aliphatic carboxylic acids is 1. The zero-order valence-electron chi connectivity index (χ0n) is 19.5. The Bertz CT molecular complexity index is 1030. The molecule has 0 amide bonds. The number of carboxylic acid groups (broad SMARTS) is 1. The van der Waals surface area contributed by atoms with E-state index in [1.165, 1.54) is 24.3 Å². The predicted molar refractivity (Wildman–Crippen MR) is 125 cm³/mol. The number of nitrogens with zero attached hydrogens (tertiary/aromatic N) is 1. The molecule has 2 aromatic rings. The Kier molecular flexibility index (Phi) is 8.13. The van der Waals surface area contributed by atoms with Crippen LogP contribution in [-0.2, 0) is 25.7 Å². The third-order valence-corrected chi connectivity index (χ3v) is 6.92. The minimum atomic E-state index is -0.984. The Labute approximate surface area is 203 Å². The molecule has 0 radical (unpaired) electrons. The van der Waals surface area contributed by atoms with E-state index in [4.69, 9.17) is 9.47 Å². The first-order valence-electron chi connectivity index (χ1n) is 12.1. The number of hydrogen-bond acceptors (Lipinski definition) is 6. The lowest BCUT2D eigenvalue weighted by molar-refractivity contribution is -0.153. The Morgan fingerprint density at radius 3 is 2.46 bits per heavy atom. The van der Waals surface area contributed by atoms with E-state index in [9.17, 15) is 23.9 Å². The van der Waals surface area contributed by atoms with E-state index in [2.05, 4.69) is 4.90 Å². The van der Waals surface area contributed by atoms with Gasteiger partial charge >= 0.3 is 17.9 Å². The Morgan fingerprint density at radius 1 is 1.00 bits per heavy atom. The van der Waals surface area contributed by atoms with Gasteiger partial charge in [0.25, 0.3) is 0 Å². The number of halogens is 1. The Balaban J connectivity index is 1.26. The first kappa shape index (κ1) is 24.9. The summed E-state index contributed by atoms with van der Waals surface area (Å²) in [5, 5.41) is 9.93. The van der Waals surface area contributed by atoms with Gasteiger partial charge in [-0.2, -0.15) is 0 Å². The van der Waals surface area contributed by atoms with Crippen molar-refractivity contribution in [2.75, 3.05) is 6.54 Å². The van der Waals surface area contributed by atoms with Crippen LogP contribution in [0.1, 0.15) is 54.4 Å². The second-order valence-corrected chi connectivity index (χ2v) is 9.19. The zero-order valence-corrected chi connectivity index (χ0v) is 19.5. The fraction of sp³-hybridized carbons (Fsp3) is 0.444. The molecule has 0 aliphatic carbocycles. The molecule has 2 aliphatic heterocycles. The summed E-state index contributed by atoms with van der Waals surface area (Å²) in [6, 6.07) is 14.4. The molecular formula is C27H30FNO6. The highest BCUT2D eigenvalue weighted by Gasteiger charge is 2.51. The maximum atomic E-state index is 13.2. The third kappa shape index (κ3) is 6.25. The lowest BCUT2D eigenvalue weighted by Gasteiger charge is -2.42. The highest BCUT2D eigenvalue weighted by Crippen LogP contribution is 2.41. The van der Waals surface area contributed by atoms with Gasteiger partial charge in [-0.05, 0) is 62.1 Å². The summed E-state index contributed by atoms with van der Waals surface area (Å²) in [6.45, 7) is 0.942. The highest BCUT2D eigenvalue weighted by molar-refractivity contribution is 5.89. The summed E-state index contributed by atoms with van der Waals surface area (Å²) in [6.07, 6.45) is 3.01. The van der Waals surface area contributed by atoms with Gasteiger partial charge in [0.15, 0.2) is 0 Å². The van der Waals surface area contributed by atoms with Crippen LogP contribution in [0.15, 0.2) is 54.6 Å². The average molecular weight is 484 g/mol. The fourth-order valence-electron chi connectivity index (χ4n) is 5.23. The monoisotopic (exact) mass is 483 g/mol. The molecule has 4 rings (SSSR count). The van der Waals surface area contributed by atoms with Gasteiger partial charge in [-0.25, -0.2) is 9.18 Å². The van der Waals surface area contributed by atoms with Crippen LogP contribution in [0.3, 0.4) is 0 Å². The van der Waals surface area contributed by atoms with Crippen LogP contribution in [0.25, 0.3) is 0 Å². The summed E-state index contributed by atoms with van der Waals surface area (Å²) < 4.78 is 24.1. The number of piperidine rings is 1. The number of rotatable bonds is 10. The quantitative estimate of drug-likeness (QED) is 0.400. The molecule has 1 N–H and O–H groups in total. The second-order valence-electron chi connectivity index (χ2n) is 9.19. The molecule has 0 aromatic heterocycles. The molecule has 0 unspecified atom stereocenters. The van der Waals surface area contributed by atoms with Gasteiger partial charge in [0.05, 0.1) is 5.56 Å². The molecule has 7 nitrogen and oxygen atoms in total. The molecular weight excluding hydrogens is 453 g/mol. The molecule has 2 aliphatic rings. The maximum Gasteiger partial charge on any atom is 0.338 e. The van der Waals surface area contributed by atoms with E-state index in [0.29, 0.717) is 25.8 Å². The van der Waals surface area contributed by atoms with Crippen LogP contribution in [0.4, 0.5) is 4.39 Å². The number of benzene rings is 2. The van der Waals surface area contributed by atoms with Crippen LogP contribution < -0.4 is 0 Å². The molecule has 2 aromatic carbocycles. The van der Waals surface area contributed by atoms with E-state index >= 15 is 0 Å². The lowest BCUT2D eigenvalue weighted by atomic mass is 9.87. The number of fused-ring (bicyclic) bond motifs is 2. The van der Waals surface area contributed by atoms with Crippen molar-refractivity contribution in [2.45, 2.75) is 63.3 Å². The van der Waals surface area contributed by atoms with Gasteiger partial charge in [0.1, 0.15) is 24.4 Å². The van der Waals surface area contributed by atoms with E-state index in [0.717, 1.165) is 24.8 Å². The number of ether oxygens (including phenoxy) is 2. The Morgan fingerprint density at radius 2 is 1.74 bits per heavy atom. The molecule has 4 atom stereocenters. The molecule has 2 saturated heterocycles. The maximum absolute atomic E-state index is 13.2. The number of carbonyl (C=O) groups excluding carboxylic acids is 2. The first-order chi connectivity index (χ1) is 16.9. The lowest BCUT2D eigenvalue weighted by Crippen LogP contribution is -2.55. The number of hydrogen-bond donors (Lipinski definition) is 1. The summed E-state index contributed by atoms with van der Waals surface area (Å²) >= 11 is 0. The van der Waals surface area contributed by atoms with Gasteiger partial charge in [0.2, 0.25) is 0 Å². The summed E-state index contributed by atoms with van der Waals surface area (Å²) in [7, 11) is 0. The van der Waals surface area contributed by atoms with E-state index < -0.39 is 29.8 Å². The summed E-state index contributed by atoms with van der Waals surface area (Å²) in [5.74, 6) is -3.15. The number of esters is 2. The van der Waals surface area contributed by atoms with Gasteiger partial charge in [-0.3, -0.25) is 14.5 Å². The predicted octanol–water partition coefficient (Wildman–Crippen LogP) is 4.20. The van der Waals surface area contributed by atoms with E-state index in [-0.39, 0.29) is 30.2 Å². The van der Waals surface area contributed by atoms with Crippen molar-refractivity contribution < 1.29 is 33.4 Å². The second kappa shape index (κ2) is 11.4. The van der Waals surface area contributed by atoms with Crippen molar-refractivity contribution >= 4 is 17.9 Å². The van der Waals surface area contributed by atoms with Crippen molar-refractivity contribution in [1.29, 1.82) is 0 Å². The van der Waals surface area contributed by atoms with Crippen LogP contribution >= 0.6 is 0 Å². The molecule has 0 saturated carbocycles. The number of unbranched alkanes of at least 4 members (excludes halogenated alkanes) is 1. The normalized spacial score (nSPS) is 23.6. The van der Waals surface area contributed by atoms with Crippen LogP contribution in [0.2, 0.25) is 0 Å². The van der Waals surface area contributed by atoms with Crippen molar-refractivity contribution in [3.8, 4) is 0 Å². The summed E-state index contributed by atoms with van der Waals surface area (Å²) in [5.41, 5.74) is 1.14. The minimum Gasteiger partial charge on any atom is -0.481 e. The topological polar surface area (TPSA) is 93.1 Å². The van der Waals surface area contributed by atoms with Gasteiger partial charge in [-0.1, -0.05) is 30.3 Å². The average Bonchev–Trinajstić information content (AvgIpc) is 3.12.